The number of halogens is 1. The first-order chi connectivity index (χ1) is 8.08. The molecule has 1 aromatic rings. The number of hydrogen-bond acceptors (Lipinski definition) is 2. The van der Waals surface area contributed by atoms with Gasteiger partial charge in [0, 0.05) is 30.1 Å². The van der Waals surface area contributed by atoms with Crippen molar-refractivity contribution >= 4 is 21.6 Å². The molecule has 0 fully saturated rings. The average Bonchev–Trinajstić information content (AvgIpc) is 2.30. The van der Waals surface area contributed by atoms with Gasteiger partial charge in [-0.2, -0.15) is 0 Å². The minimum Gasteiger partial charge on any atom is -0.368 e. The van der Waals surface area contributed by atoms with Gasteiger partial charge in [-0.15, -0.1) is 0 Å². The molecule has 0 aromatic heterocycles. The molecule has 0 spiro atoms. The third-order valence-electron chi connectivity index (χ3n) is 2.92. The van der Waals surface area contributed by atoms with Crippen LogP contribution in [-0.2, 0) is 5.33 Å². The highest BCUT2D eigenvalue weighted by atomic mass is 79.9. The largest absolute Gasteiger partial charge is 0.368 e. The summed E-state index contributed by atoms with van der Waals surface area (Å²) in [6.45, 7) is 6.61. The molecule has 0 aliphatic heterocycles. The molecule has 1 rings (SSSR count). The molecule has 0 saturated heterocycles. The highest BCUT2D eigenvalue weighted by molar-refractivity contribution is 9.08. The van der Waals surface area contributed by atoms with Gasteiger partial charge in [-0.05, 0) is 45.6 Å². The molecule has 96 valence electrons. The molecular formula is C14H23BrN2. The van der Waals surface area contributed by atoms with Crippen molar-refractivity contribution in [1.29, 1.82) is 0 Å². The van der Waals surface area contributed by atoms with Crippen molar-refractivity contribution in [2.24, 2.45) is 0 Å². The van der Waals surface area contributed by atoms with E-state index in [0.717, 1.165) is 18.4 Å². The summed E-state index contributed by atoms with van der Waals surface area (Å²) < 4.78 is 0. The van der Waals surface area contributed by atoms with E-state index in [-0.39, 0.29) is 0 Å². The molecule has 3 heteroatoms. The second-order valence-electron chi connectivity index (χ2n) is 4.70. The van der Waals surface area contributed by atoms with Crippen molar-refractivity contribution in [3.05, 3.63) is 29.8 Å². The van der Waals surface area contributed by atoms with Crippen molar-refractivity contribution < 1.29 is 0 Å². The molecule has 0 radical (unpaired) electrons. The summed E-state index contributed by atoms with van der Waals surface area (Å²) >= 11 is 3.48. The van der Waals surface area contributed by atoms with E-state index in [2.05, 4.69) is 77.9 Å². The van der Waals surface area contributed by atoms with E-state index in [0.29, 0.717) is 6.04 Å². The third-order valence-corrected chi connectivity index (χ3v) is 3.57. The van der Waals surface area contributed by atoms with E-state index in [1.807, 2.05) is 0 Å². The Bertz CT molecular complexity index is 321. The van der Waals surface area contributed by atoms with Crippen molar-refractivity contribution in [3.63, 3.8) is 0 Å². The second-order valence-corrected chi connectivity index (χ2v) is 5.26. The maximum Gasteiger partial charge on any atom is 0.0388 e. The van der Waals surface area contributed by atoms with Crippen LogP contribution >= 0.6 is 15.9 Å². The van der Waals surface area contributed by atoms with Gasteiger partial charge in [0.25, 0.3) is 0 Å². The average molecular weight is 299 g/mol. The zero-order valence-corrected chi connectivity index (χ0v) is 12.9. The Morgan fingerprint density at radius 2 is 1.76 bits per heavy atom. The molecule has 17 heavy (non-hydrogen) atoms. The Balaban J connectivity index is 2.77. The maximum atomic E-state index is 3.48. The normalized spacial score (nSPS) is 12.8. The molecule has 0 heterocycles. The van der Waals surface area contributed by atoms with E-state index in [9.17, 15) is 0 Å². The fraction of sp³-hybridized carbons (Fsp3) is 0.571. The van der Waals surface area contributed by atoms with Crippen LogP contribution in [0.5, 0.6) is 0 Å². The maximum absolute atomic E-state index is 3.48. The van der Waals surface area contributed by atoms with Gasteiger partial charge >= 0.3 is 0 Å². The fourth-order valence-electron chi connectivity index (χ4n) is 2.15. The summed E-state index contributed by atoms with van der Waals surface area (Å²) in [5.74, 6) is 0. The Morgan fingerprint density at radius 3 is 2.18 bits per heavy atom. The lowest BCUT2D eigenvalue weighted by Crippen LogP contribution is -2.40. The van der Waals surface area contributed by atoms with Crippen LogP contribution in [0.1, 0.15) is 19.4 Å². The summed E-state index contributed by atoms with van der Waals surface area (Å²) in [6, 6.07) is 9.34. The van der Waals surface area contributed by atoms with Crippen molar-refractivity contribution in [2.75, 3.05) is 32.1 Å². The summed E-state index contributed by atoms with van der Waals surface area (Å²) in [5.41, 5.74) is 2.64. The highest BCUT2D eigenvalue weighted by Gasteiger charge is 2.13. The summed E-state index contributed by atoms with van der Waals surface area (Å²) in [6.07, 6.45) is 0. The number of rotatable bonds is 6. The quantitative estimate of drug-likeness (QED) is 0.743. The van der Waals surface area contributed by atoms with E-state index >= 15 is 0 Å². The number of hydrogen-bond donors (Lipinski definition) is 0. The lowest BCUT2D eigenvalue weighted by Gasteiger charge is -2.32. The van der Waals surface area contributed by atoms with Gasteiger partial charge < -0.3 is 9.80 Å². The van der Waals surface area contributed by atoms with Crippen LogP contribution in [0, 0.1) is 0 Å². The third kappa shape index (κ3) is 4.32. The summed E-state index contributed by atoms with van der Waals surface area (Å²) in [4.78, 5) is 4.68. The van der Waals surface area contributed by atoms with Crippen LogP contribution < -0.4 is 4.90 Å². The lowest BCUT2D eigenvalue weighted by atomic mass is 10.1. The molecular weight excluding hydrogens is 276 g/mol. The summed E-state index contributed by atoms with van der Waals surface area (Å²) in [5, 5.41) is 0.923. The van der Waals surface area contributed by atoms with Crippen molar-refractivity contribution in [2.45, 2.75) is 25.2 Å². The molecule has 2 nitrogen and oxygen atoms in total. The van der Waals surface area contributed by atoms with Crippen LogP contribution in [-0.4, -0.2) is 38.1 Å². The van der Waals surface area contributed by atoms with Crippen molar-refractivity contribution in [1.82, 2.24) is 4.90 Å². The van der Waals surface area contributed by atoms with Crippen LogP contribution in [0.25, 0.3) is 0 Å². The van der Waals surface area contributed by atoms with Crippen LogP contribution in [0.4, 0.5) is 5.69 Å². The highest BCUT2D eigenvalue weighted by Crippen LogP contribution is 2.19. The molecule has 1 unspecified atom stereocenters. The second kappa shape index (κ2) is 7.02. The van der Waals surface area contributed by atoms with Gasteiger partial charge in [0.1, 0.15) is 0 Å². The van der Waals surface area contributed by atoms with E-state index in [4.69, 9.17) is 0 Å². The minimum absolute atomic E-state index is 0.532. The molecule has 1 aromatic carbocycles. The van der Waals surface area contributed by atoms with Gasteiger partial charge in [0.15, 0.2) is 0 Å². The fourth-order valence-corrected chi connectivity index (χ4v) is 2.53. The smallest absolute Gasteiger partial charge is 0.0388 e. The zero-order chi connectivity index (χ0) is 12.8. The minimum atomic E-state index is 0.532. The van der Waals surface area contributed by atoms with Crippen LogP contribution in [0.3, 0.4) is 0 Å². The van der Waals surface area contributed by atoms with E-state index in [1.165, 1.54) is 11.3 Å². The van der Waals surface area contributed by atoms with Crippen LogP contribution in [0.15, 0.2) is 24.3 Å². The first-order valence-electron chi connectivity index (χ1n) is 6.14. The number of nitrogens with zero attached hydrogens (tertiary/aromatic N) is 2. The monoisotopic (exact) mass is 298 g/mol. The molecule has 0 saturated carbocycles. The number of likely N-dealkylation sites (N-methyl/N-ethyl adjacent to an activating group) is 2. The van der Waals surface area contributed by atoms with Gasteiger partial charge in [-0.3, -0.25) is 0 Å². The van der Waals surface area contributed by atoms with Crippen molar-refractivity contribution in [3.8, 4) is 0 Å². The standard InChI is InChI=1S/C14H23BrN2/c1-5-17(12(2)11-16(3)4)14-8-6-13(10-15)7-9-14/h6-9,12H,5,10-11H2,1-4H3. The number of anilines is 1. The number of benzene rings is 1. The molecule has 1 atom stereocenters. The predicted octanol–water partition coefficient (Wildman–Crippen LogP) is 3.36. The Morgan fingerprint density at radius 1 is 1.18 bits per heavy atom. The van der Waals surface area contributed by atoms with Gasteiger partial charge in [-0.25, -0.2) is 0 Å². The Labute approximate surface area is 114 Å². The Kier molecular flexibility index (Phi) is 6.00. The first kappa shape index (κ1) is 14.5. The van der Waals surface area contributed by atoms with Gasteiger partial charge in [0.05, 0.1) is 0 Å². The SMILES string of the molecule is CCN(c1ccc(CBr)cc1)C(C)CN(C)C. The molecule has 0 aliphatic carbocycles. The lowest BCUT2D eigenvalue weighted by molar-refractivity contribution is 0.373. The van der Waals surface area contributed by atoms with Gasteiger partial charge in [0.2, 0.25) is 0 Å². The topological polar surface area (TPSA) is 6.48 Å². The first-order valence-corrected chi connectivity index (χ1v) is 7.27. The van der Waals surface area contributed by atoms with Gasteiger partial charge in [-0.1, -0.05) is 28.1 Å². The predicted molar refractivity (Wildman–Crippen MR) is 80.1 cm³/mol. The summed E-state index contributed by atoms with van der Waals surface area (Å²) in [7, 11) is 4.25. The zero-order valence-electron chi connectivity index (χ0n) is 11.3. The van der Waals surface area contributed by atoms with E-state index < -0.39 is 0 Å². The molecule has 0 amide bonds. The number of alkyl halides is 1. The molecule has 0 N–H and O–H groups in total. The Hall–Kier alpha value is -0.540. The molecule has 0 aliphatic rings. The van der Waals surface area contributed by atoms with E-state index in [1.54, 1.807) is 0 Å². The van der Waals surface area contributed by atoms with Crippen LogP contribution in [0.2, 0.25) is 0 Å². The molecule has 0 bridgehead atoms.